The Morgan fingerprint density at radius 3 is 2.70 bits per heavy atom. The number of hydrogen-bond donors (Lipinski definition) is 2. The standard InChI is InChI=1S/C16H22ClNO2/c1-16(2,10-11-6-3-4-8-13(11)17)18-15(20)12-7-5-9-14(12)19/h3-4,6,8,12,14,19H,5,7,9-10H2,1-2H3,(H,18,20). The van der Waals surface area contributed by atoms with E-state index in [4.69, 9.17) is 11.6 Å². The molecule has 1 aliphatic carbocycles. The normalized spacial score (nSPS) is 22.8. The molecule has 4 heteroatoms. The summed E-state index contributed by atoms with van der Waals surface area (Å²) in [7, 11) is 0. The third-order valence-corrected chi connectivity index (χ3v) is 4.24. The zero-order valence-electron chi connectivity index (χ0n) is 12.0. The quantitative estimate of drug-likeness (QED) is 0.897. The maximum Gasteiger partial charge on any atom is 0.226 e. The molecule has 20 heavy (non-hydrogen) atoms. The van der Waals surface area contributed by atoms with Gasteiger partial charge in [0.15, 0.2) is 0 Å². The second kappa shape index (κ2) is 6.15. The Bertz CT molecular complexity index is 487. The highest BCUT2D eigenvalue weighted by Gasteiger charge is 2.34. The summed E-state index contributed by atoms with van der Waals surface area (Å²) in [5.74, 6) is -0.312. The fourth-order valence-electron chi connectivity index (χ4n) is 2.83. The average Bonchev–Trinajstić information content (AvgIpc) is 2.78. The minimum Gasteiger partial charge on any atom is -0.392 e. The lowest BCUT2D eigenvalue weighted by Gasteiger charge is -2.29. The molecule has 1 fully saturated rings. The molecule has 110 valence electrons. The van der Waals surface area contributed by atoms with Crippen LogP contribution < -0.4 is 5.32 Å². The largest absolute Gasteiger partial charge is 0.392 e. The van der Waals surface area contributed by atoms with Gasteiger partial charge in [0.25, 0.3) is 0 Å². The van der Waals surface area contributed by atoms with Gasteiger partial charge in [-0.25, -0.2) is 0 Å². The van der Waals surface area contributed by atoms with Crippen molar-refractivity contribution in [2.45, 2.75) is 51.2 Å². The second-order valence-electron chi connectivity index (χ2n) is 6.25. The van der Waals surface area contributed by atoms with Crippen LogP contribution in [0, 0.1) is 5.92 Å². The molecule has 1 aromatic carbocycles. The number of rotatable bonds is 4. The van der Waals surface area contributed by atoms with E-state index < -0.39 is 6.10 Å². The Morgan fingerprint density at radius 2 is 2.10 bits per heavy atom. The summed E-state index contributed by atoms with van der Waals surface area (Å²) in [5, 5.41) is 13.6. The zero-order valence-corrected chi connectivity index (χ0v) is 12.8. The number of nitrogens with one attached hydrogen (secondary N) is 1. The van der Waals surface area contributed by atoms with Crippen molar-refractivity contribution in [1.82, 2.24) is 5.32 Å². The van der Waals surface area contributed by atoms with E-state index in [-0.39, 0.29) is 17.4 Å². The van der Waals surface area contributed by atoms with E-state index in [1.807, 2.05) is 38.1 Å². The van der Waals surface area contributed by atoms with E-state index in [2.05, 4.69) is 5.32 Å². The molecule has 1 aliphatic rings. The number of aliphatic hydroxyl groups is 1. The van der Waals surface area contributed by atoms with Gasteiger partial charge in [0, 0.05) is 10.6 Å². The van der Waals surface area contributed by atoms with Gasteiger partial charge in [-0.15, -0.1) is 0 Å². The fourth-order valence-corrected chi connectivity index (χ4v) is 3.04. The summed E-state index contributed by atoms with van der Waals surface area (Å²) >= 11 is 6.16. The zero-order chi connectivity index (χ0) is 14.8. The highest BCUT2D eigenvalue weighted by atomic mass is 35.5. The van der Waals surface area contributed by atoms with Crippen LogP contribution in [0.1, 0.15) is 38.7 Å². The maximum absolute atomic E-state index is 12.2. The third-order valence-electron chi connectivity index (χ3n) is 3.87. The van der Waals surface area contributed by atoms with Gasteiger partial charge in [0.2, 0.25) is 5.91 Å². The van der Waals surface area contributed by atoms with E-state index in [1.54, 1.807) is 0 Å². The van der Waals surface area contributed by atoms with Crippen molar-refractivity contribution >= 4 is 17.5 Å². The summed E-state index contributed by atoms with van der Waals surface area (Å²) in [6.45, 7) is 3.96. The lowest BCUT2D eigenvalue weighted by Crippen LogP contribution is -2.48. The SMILES string of the molecule is CC(C)(Cc1ccccc1Cl)NC(=O)C1CCCC1O. The van der Waals surface area contributed by atoms with Crippen LogP contribution in [0.4, 0.5) is 0 Å². The first-order chi connectivity index (χ1) is 9.39. The van der Waals surface area contributed by atoms with E-state index >= 15 is 0 Å². The van der Waals surface area contributed by atoms with Gasteiger partial charge in [0.05, 0.1) is 12.0 Å². The summed E-state index contributed by atoms with van der Waals surface area (Å²) in [6.07, 6.45) is 2.59. The van der Waals surface area contributed by atoms with Crippen LogP contribution in [0.15, 0.2) is 24.3 Å². The highest BCUT2D eigenvalue weighted by Crippen LogP contribution is 2.27. The Morgan fingerprint density at radius 1 is 1.40 bits per heavy atom. The van der Waals surface area contributed by atoms with Crippen LogP contribution in [-0.4, -0.2) is 22.7 Å². The van der Waals surface area contributed by atoms with Gasteiger partial charge in [-0.1, -0.05) is 29.8 Å². The average molecular weight is 296 g/mol. The van der Waals surface area contributed by atoms with Crippen molar-refractivity contribution < 1.29 is 9.90 Å². The molecular weight excluding hydrogens is 274 g/mol. The number of carbonyl (C=O) groups excluding carboxylic acids is 1. The lowest BCUT2D eigenvalue weighted by atomic mass is 9.93. The van der Waals surface area contributed by atoms with Crippen molar-refractivity contribution in [3.63, 3.8) is 0 Å². The first-order valence-electron chi connectivity index (χ1n) is 7.12. The van der Waals surface area contributed by atoms with Gasteiger partial charge in [0.1, 0.15) is 0 Å². The van der Waals surface area contributed by atoms with Gasteiger partial charge < -0.3 is 10.4 Å². The summed E-state index contributed by atoms with van der Waals surface area (Å²) in [5.41, 5.74) is 0.635. The Hall–Kier alpha value is -1.06. The second-order valence-corrected chi connectivity index (χ2v) is 6.65. The third kappa shape index (κ3) is 3.74. The minimum absolute atomic E-state index is 0.0490. The van der Waals surface area contributed by atoms with Crippen molar-refractivity contribution in [3.05, 3.63) is 34.9 Å². The molecule has 0 saturated heterocycles. The highest BCUT2D eigenvalue weighted by molar-refractivity contribution is 6.31. The molecular formula is C16H22ClNO2. The van der Waals surface area contributed by atoms with E-state index in [0.29, 0.717) is 6.42 Å². The van der Waals surface area contributed by atoms with Gasteiger partial charge in [-0.05, 0) is 51.2 Å². The minimum atomic E-state index is -0.494. The summed E-state index contributed by atoms with van der Waals surface area (Å²) < 4.78 is 0. The van der Waals surface area contributed by atoms with Crippen molar-refractivity contribution in [3.8, 4) is 0 Å². The number of hydrogen-bond acceptors (Lipinski definition) is 2. The van der Waals surface area contributed by atoms with Gasteiger partial charge >= 0.3 is 0 Å². The number of halogens is 1. The van der Waals surface area contributed by atoms with Gasteiger partial charge in [-0.2, -0.15) is 0 Å². The lowest BCUT2D eigenvalue weighted by molar-refractivity contribution is -0.129. The van der Waals surface area contributed by atoms with Crippen LogP contribution in [-0.2, 0) is 11.2 Å². The molecule has 0 aliphatic heterocycles. The van der Waals surface area contributed by atoms with E-state index in [1.165, 1.54) is 0 Å². The molecule has 3 nitrogen and oxygen atoms in total. The summed E-state index contributed by atoms with van der Waals surface area (Å²) in [4.78, 5) is 12.2. The van der Waals surface area contributed by atoms with Crippen molar-refractivity contribution in [1.29, 1.82) is 0 Å². The Labute approximate surface area is 125 Å². The van der Waals surface area contributed by atoms with Crippen LogP contribution in [0.3, 0.4) is 0 Å². The molecule has 0 aromatic heterocycles. The number of aliphatic hydroxyl groups excluding tert-OH is 1. The fraction of sp³-hybridized carbons (Fsp3) is 0.562. The van der Waals surface area contributed by atoms with Crippen LogP contribution in [0.5, 0.6) is 0 Å². The molecule has 0 bridgehead atoms. The summed E-state index contributed by atoms with van der Waals surface area (Å²) in [6, 6.07) is 7.67. The predicted octanol–water partition coefficient (Wildman–Crippen LogP) is 2.94. The predicted molar refractivity (Wildman–Crippen MR) is 80.7 cm³/mol. The molecule has 2 unspecified atom stereocenters. The molecule has 2 atom stereocenters. The van der Waals surface area contributed by atoms with Crippen molar-refractivity contribution in [2.24, 2.45) is 5.92 Å². The van der Waals surface area contributed by atoms with Crippen molar-refractivity contribution in [2.75, 3.05) is 0 Å². The monoisotopic (exact) mass is 295 g/mol. The molecule has 0 heterocycles. The molecule has 1 aromatic rings. The Kier molecular flexibility index (Phi) is 4.71. The topological polar surface area (TPSA) is 49.3 Å². The Balaban J connectivity index is 2.00. The molecule has 2 N–H and O–H groups in total. The smallest absolute Gasteiger partial charge is 0.226 e. The van der Waals surface area contributed by atoms with Gasteiger partial charge in [-0.3, -0.25) is 4.79 Å². The first-order valence-corrected chi connectivity index (χ1v) is 7.50. The van der Waals surface area contributed by atoms with Crippen LogP contribution in [0.2, 0.25) is 5.02 Å². The molecule has 1 amide bonds. The number of benzene rings is 1. The number of amides is 1. The van der Waals surface area contributed by atoms with Crippen LogP contribution >= 0.6 is 11.6 Å². The van der Waals surface area contributed by atoms with E-state index in [0.717, 1.165) is 29.8 Å². The molecule has 1 saturated carbocycles. The molecule has 0 radical (unpaired) electrons. The van der Waals surface area contributed by atoms with Crippen LogP contribution in [0.25, 0.3) is 0 Å². The first kappa shape index (κ1) is 15.3. The van der Waals surface area contributed by atoms with E-state index in [9.17, 15) is 9.90 Å². The number of carbonyl (C=O) groups is 1. The molecule has 2 rings (SSSR count). The molecule has 0 spiro atoms. The maximum atomic E-state index is 12.2.